The fraction of sp³-hybridized carbons (Fsp3) is 0.208. The monoisotopic (exact) mass is 398 g/mol. The van der Waals surface area contributed by atoms with Gasteiger partial charge in [0.15, 0.2) is 0 Å². The highest BCUT2D eigenvalue weighted by Gasteiger charge is 2.41. The van der Waals surface area contributed by atoms with Crippen LogP contribution in [-0.4, -0.2) is 33.7 Å². The normalized spacial score (nSPS) is 15.7. The van der Waals surface area contributed by atoms with Gasteiger partial charge in [0.05, 0.1) is 16.6 Å². The lowest BCUT2D eigenvalue weighted by Crippen LogP contribution is -2.44. The maximum atomic E-state index is 13.6. The van der Waals surface area contributed by atoms with Crippen molar-refractivity contribution in [1.82, 2.24) is 14.5 Å². The van der Waals surface area contributed by atoms with Crippen LogP contribution in [0.4, 0.5) is 5.69 Å². The number of para-hydroxylation sites is 1. The number of fused-ring (bicyclic) bond motifs is 1. The molecule has 0 aliphatic carbocycles. The van der Waals surface area contributed by atoms with Gasteiger partial charge in [-0.1, -0.05) is 42.5 Å². The number of imidazole rings is 1. The summed E-state index contributed by atoms with van der Waals surface area (Å²) >= 11 is 0. The Hall–Kier alpha value is -3.51. The van der Waals surface area contributed by atoms with Crippen molar-refractivity contribution < 1.29 is 9.53 Å². The van der Waals surface area contributed by atoms with E-state index in [0.29, 0.717) is 31.7 Å². The Labute approximate surface area is 174 Å². The van der Waals surface area contributed by atoms with E-state index in [0.717, 1.165) is 22.3 Å². The van der Waals surface area contributed by atoms with E-state index in [4.69, 9.17) is 9.72 Å². The van der Waals surface area contributed by atoms with Crippen LogP contribution < -0.4 is 5.32 Å². The number of amides is 1. The van der Waals surface area contributed by atoms with Gasteiger partial charge in [0, 0.05) is 31.0 Å². The second-order valence-electron chi connectivity index (χ2n) is 7.53. The number of nitrogens with one attached hydrogen (secondary N) is 1. The molecule has 1 amide bonds. The Morgan fingerprint density at radius 3 is 2.60 bits per heavy atom. The minimum Gasteiger partial charge on any atom is -0.381 e. The molecule has 0 saturated carbocycles. The molecule has 0 unspecified atom stereocenters. The van der Waals surface area contributed by atoms with Gasteiger partial charge in [0.2, 0.25) is 5.91 Å². The number of carbonyl (C=O) groups is 1. The standard InChI is InChI=1S/C24H22N4O2/c29-23(24(11-15-30-16-12-24)19-6-2-1-3-7-19)26-20-8-4-5-18-9-10-21(27-22(18)20)28-14-13-25-17-28/h1-10,13-14,17H,11-12,15-16H2,(H,26,29). The van der Waals surface area contributed by atoms with E-state index < -0.39 is 5.41 Å². The number of anilines is 1. The van der Waals surface area contributed by atoms with Crippen molar-refractivity contribution in [2.45, 2.75) is 18.3 Å². The summed E-state index contributed by atoms with van der Waals surface area (Å²) in [6, 6.07) is 19.8. The zero-order valence-electron chi connectivity index (χ0n) is 16.5. The Kier molecular flexibility index (Phi) is 4.77. The molecule has 3 heterocycles. The number of carbonyl (C=O) groups excluding carboxylic acids is 1. The van der Waals surface area contributed by atoms with Crippen LogP contribution in [0.1, 0.15) is 18.4 Å². The first-order valence-corrected chi connectivity index (χ1v) is 10.1. The minimum atomic E-state index is -0.608. The summed E-state index contributed by atoms with van der Waals surface area (Å²) in [5.74, 6) is 0.741. The summed E-state index contributed by atoms with van der Waals surface area (Å²) in [4.78, 5) is 22.5. The predicted molar refractivity (Wildman–Crippen MR) is 116 cm³/mol. The molecular weight excluding hydrogens is 376 g/mol. The van der Waals surface area contributed by atoms with E-state index >= 15 is 0 Å². The number of aromatic nitrogens is 3. The van der Waals surface area contributed by atoms with Crippen molar-refractivity contribution in [3.63, 3.8) is 0 Å². The summed E-state index contributed by atoms with van der Waals surface area (Å²) in [5.41, 5.74) is 1.88. The second kappa shape index (κ2) is 7.72. The van der Waals surface area contributed by atoms with E-state index in [1.807, 2.05) is 71.4 Å². The first-order valence-electron chi connectivity index (χ1n) is 10.1. The summed E-state index contributed by atoms with van der Waals surface area (Å²) in [6.45, 7) is 1.14. The predicted octanol–water partition coefficient (Wildman–Crippen LogP) is 4.11. The molecule has 0 bridgehead atoms. The number of hydrogen-bond donors (Lipinski definition) is 1. The molecule has 0 atom stereocenters. The zero-order chi connectivity index (χ0) is 20.4. The van der Waals surface area contributed by atoms with Crippen molar-refractivity contribution >= 4 is 22.5 Å². The third-order valence-electron chi connectivity index (χ3n) is 5.83. The number of hydrogen-bond acceptors (Lipinski definition) is 4. The molecule has 4 aromatic rings. The highest BCUT2D eigenvalue weighted by atomic mass is 16.5. The molecule has 0 radical (unpaired) electrons. The highest BCUT2D eigenvalue weighted by Crippen LogP contribution is 2.36. The third kappa shape index (κ3) is 3.25. The topological polar surface area (TPSA) is 69.0 Å². The second-order valence-corrected chi connectivity index (χ2v) is 7.53. The molecule has 2 aromatic carbocycles. The molecule has 6 heteroatoms. The molecule has 6 nitrogen and oxygen atoms in total. The number of pyridine rings is 1. The van der Waals surface area contributed by atoms with E-state index in [1.165, 1.54) is 0 Å². The van der Waals surface area contributed by atoms with Gasteiger partial charge < -0.3 is 10.1 Å². The summed E-state index contributed by atoms with van der Waals surface area (Å²) in [5, 5.41) is 4.15. The molecular formula is C24H22N4O2. The minimum absolute atomic E-state index is 0.0145. The van der Waals surface area contributed by atoms with Crippen molar-refractivity contribution in [3.05, 3.63) is 84.9 Å². The van der Waals surface area contributed by atoms with Crippen LogP contribution in [0.5, 0.6) is 0 Å². The van der Waals surface area contributed by atoms with Crippen LogP contribution in [0.15, 0.2) is 79.4 Å². The fourth-order valence-corrected chi connectivity index (χ4v) is 4.14. The highest BCUT2D eigenvalue weighted by molar-refractivity contribution is 6.05. The van der Waals surface area contributed by atoms with Crippen molar-refractivity contribution in [3.8, 4) is 5.82 Å². The SMILES string of the molecule is O=C(Nc1cccc2ccc(-n3ccnc3)nc12)C1(c2ccccc2)CCOCC1. The van der Waals surface area contributed by atoms with Crippen LogP contribution in [0.25, 0.3) is 16.7 Å². The third-order valence-corrected chi connectivity index (χ3v) is 5.83. The molecule has 150 valence electrons. The lowest BCUT2D eigenvalue weighted by Gasteiger charge is -2.36. The maximum Gasteiger partial charge on any atom is 0.235 e. The number of nitrogens with zero attached hydrogens (tertiary/aromatic N) is 3. The molecule has 1 aliphatic rings. The Balaban J connectivity index is 1.54. The molecule has 1 N–H and O–H groups in total. The lowest BCUT2D eigenvalue weighted by molar-refractivity contribution is -0.125. The smallest absolute Gasteiger partial charge is 0.235 e. The van der Waals surface area contributed by atoms with Gasteiger partial charge in [-0.25, -0.2) is 9.97 Å². The van der Waals surface area contributed by atoms with Crippen LogP contribution in [0.2, 0.25) is 0 Å². The van der Waals surface area contributed by atoms with Gasteiger partial charge >= 0.3 is 0 Å². The number of benzene rings is 2. The molecule has 30 heavy (non-hydrogen) atoms. The summed E-state index contributed by atoms with van der Waals surface area (Å²) < 4.78 is 7.42. The van der Waals surface area contributed by atoms with Gasteiger partial charge in [-0.3, -0.25) is 9.36 Å². The molecule has 5 rings (SSSR count). The van der Waals surface area contributed by atoms with E-state index in [1.54, 1.807) is 12.5 Å². The van der Waals surface area contributed by atoms with Gasteiger partial charge in [0.1, 0.15) is 12.1 Å². The van der Waals surface area contributed by atoms with Crippen molar-refractivity contribution in [2.75, 3.05) is 18.5 Å². The zero-order valence-corrected chi connectivity index (χ0v) is 16.5. The Morgan fingerprint density at radius 1 is 1.00 bits per heavy atom. The summed E-state index contributed by atoms with van der Waals surface area (Å²) in [7, 11) is 0. The van der Waals surface area contributed by atoms with Gasteiger partial charge in [-0.15, -0.1) is 0 Å². The van der Waals surface area contributed by atoms with Gasteiger partial charge in [-0.2, -0.15) is 0 Å². The van der Waals surface area contributed by atoms with Crippen LogP contribution in [-0.2, 0) is 14.9 Å². The van der Waals surface area contributed by atoms with Crippen LogP contribution in [0.3, 0.4) is 0 Å². The molecule has 2 aromatic heterocycles. The largest absolute Gasteiger partial charge is 0.381 e. The molecule has 1 saturated heterocycles. The van der Waals surface area contributed by atoms with E-state index in [2.05, 4.69) is 10.3 Å². The lowest BCUT2D eigenvalue weighted by atomic mass is 9.73. The average molecular weight is 398 g/mol. The van der Waals surface area contributed by atoms with Crippen molar-refractivity contribution in [2.24, 2.45) is 0 Å². The van der Waals surface area contributed by atoms with Crippen LogP contribution in [0, 0.1) is 0 Å². The number of rotatable bonds is 4. The quantitative estimate of drug-likeness (QED) is 0.562. The molecule has 0 spiro atoms. The Bertz CT molecular complexity index is 1170. The first-order chi connectivity index (χ1) is 14.8. The Morgan fingerprint density at radius 2 is 1.83 bits per heavy atom. The van der Waals surface area contributed by atoms with Gasteiger partial charge in [0.25, 0.3) is 0 Å². The maximum absolute atomic E-state index is 13.6. The van der Waals surface area contributed by atoms with E-state index in [-0.39, 0.29) is 5.91 Å². The fourth-order valence-electron chi connectivity index (χ4n) is 4.14. The molecule has 1 fully saturated rings. The first kappa shape index (κ1) is 18.5. The van der Waals surface area contributed by atoms with Crippen LogP contribution >= 0.6 is 0 Å². The number of ether oxygens (including phenoxy) is 1. The average Bonchev–Trinajstić information content (AvgIpc) is 3.35. The van der Waals surface area contributed by atoms with Gasteiger partial charge in [-0.05, 0) is 36.6 Å². The molecule has 1 aliphatic heterocycles. The van der Waals surface area contributed by atoms with E-state index in [9.17, 15) is 4.79 Å². The van der Waals surface area contributed by atoms with Crippen molar-refractivity contribution in [1.29, 1.82) is 0 Å². The summed E-state index contributed by atoms with van der Waals surface area (Å²) in [6.07, 6.45) is 6.58.